The molecule has 0 unspecified atom stereocenters. The maximum atomic E-state index is 11.9. The lowest BCUT2D eigenvalue weighted by molar-refractivity contribution is -0.122. The second-order valence-electron chi connectivity index (χ2n) is 6.24. The monoisotopic (exact) mass is 389 g/mol. The van der Waals surface area contributed by atoms with Gasteiger partial charge in [-0.15, -0.1) is 6.58 Å². The topological polar surface area (TPSA) is 64.3 Å². The Labute approximate surface area is 165 Å². The zero-order valence-electron chi connectivity index (χ0n) is 16.1. The first-order valence-electron chi connectivity index (χ1n) is 8.88. The minimum atomic E-state index is -0.00762. The summed E-state index contributed by atoms with van der Waals surface area (Å²) in [6.45, 7) is 7.78. The molecule has 1 heterocycles. The van der Waals surface area contributed by atoms with Gasteiger partial charge in [-0.05, 0) is 50.0 Å². The summed E-state index contributed by atoms with van der Waals surface area (Å²) >= 11 is 5.59. The molecule has 146 valence electrons. The van der Waals surface area contributed by atoms with Gasteiger partial charge in [0.1, 0.15) is 5.75 Å². The van der Waals surface area contributed by atoms with Crippen LogP contribution in [0.3, 0.4) is 0 Å². The van der Waals surface area contributed by atoms with Crippen molar-refractivity contribution in [2.75, 3.05) is 27.2 Å². The number of carbonyl (C=O) groups is 1. The SMILES string of the molecule is C=CCn1c(-c2ccc(OC)cc2)nn(CN(C)CC(=O)NCCC)c1=S. The van der Waals surface area contributed by atoms with Crippen LogP contribution in [0.1, 0.15) is 13.3 Å². The number of methoxy groups -OCH3 is 1. The van der Waals surface area contributed by atoms with Crippen LogP contribution in [0.25, 0.3) is 11.4 Å². The van der Waals surface area contributed by atoms with E-state index in [1.165, 1.54) is 0 Å². The fourth-order valence-corrected chi connectivity index (χ4v) is 2.88. The number of likely N-dealkylation sites (N-methyl/N-ethyl adjacent to an activating group) is 1. The van der Waals surface area contributed by atoms with Gasteiger partial charge in [0, 0.05) is 18.7 Å². The van der Waals surface area contributed by atoms with Crippen LogP contribution in [0.5, 0.6) is 5.75 Å². The molecule has 2 rings (SSSR count). The molecule has 1 aromatic heterocycles. The molecule has 0 radical (unpaired) electrons. The van der Waals surface area contributed by atoms with Crippen LogP contribution >= 0.6 is 12.2 Å². The van der Waals surface area contributed by atoms with Gasteiger partial charge in [0.05, 0.1) is 20.3 Å². The average Bonchev–Trinajstić information content (AvgIpc) is 2.96. The number of hydrogen-bond donors (Lipinski definition) is 1. The second-order valence-corrected chi connectivity index (χ2v) is 6.60. The van der Waals surface area contributed by atoms with Gasteiger partial charge in [0.2, 0.25) is 5.91 Å². The molecule has 7 nitrogen and oxygen atoms in total. The average molecular weight is 390 g/mol. The Morgan fingerprint density at radius 2 is 2.11 bits per heavy atom. The highest BCUT2D eigenvalue weighted by Crippen LogP contribution is 2.22. The van der Waals surface area contributed by atoms with Gasteiger partial charge in [-0.3, -0.25) is 14.3 Å². The third-order valence-corrected chi connectivity index (χ3v) is 4.37. The van der Waals surface area contributed by atoms with E-state index in [1.807, 2.05) is 47.7 Å². The first-order chi connectivity index (χ1) is 13.0. The highest BCUT2D eigenvalue weighted by atomic mass is 32.1. The van der Waals surface area contributed by atoms with Gasteiger partial charge < -0.3 is 10.1 Å². The van der Waals surface area contributed by atoms with Crippen LogP contribution in [0.4, 0.5) is 0 Å². The van der Waals surface area contributed by atoms with Crippen molar-refractivity contribution in [3.63, 3.8) is 0 Å². The molecule has 0 aliphatic rings. The maximum absolute atomic E-state index is 11.9. The molecule has 0 atom stereocenters. The molecule has 0 spiro atoms. The van der Waals surface area contributed by atoms with Crippen molar-refractivity contribution in [1.82, 2.24) is 24.6 Å². The summed E-state index contributed by atoms with van der Waals surface area (Å²) < 4.78 is 9.45. The van der Waals surface area contributed by atoms with Crippen molar-refractivity contribution in [2.45, 2.75) is 26.6 Å². The summed E-state index contributed by atoms with van der Waals surface area (Å²) in [5.74, 6) is 1.53. The highest BCUT2D eigenvalue weighted by Gasteiger charge is 2.14. The summed E-state index contributed by atoms with van der Waals surface area (Å²) in [4.78, 5) is 13.8. The van der Waals surface area contributed by atoms with Crippen LogP contribution in [0.15, 0.2) is 36.9 Å². The molecule has 27 heavy (non-hydrogen) atoms. The van der Waals surface area contributed by atoms with Gasteiger partial charge in [0.25, 0.3) is 0 Å². The maximum Gasteiger partial charge on any atom is 0.234 e. The summed E-state index contributed by atoms with van der Waals surface area (Å²) in [5, 5.41) is 7.55. The Morgan fingerprint density at radius 1 is 1.41 bits per heavy atom. The van der Waals surface area contributed by atoms with Crippen LogP contribution in [-0.2, 0) is 18.0 Å². The van der Waals surface area contributed by atoms with Gasteiger partial charge in [-0.2, -0.15) is 5.10 Å². The van der Waals surface area contributed by atoms with Crippen LogP contribution < -0.4 is 10.1 Å². The molecular weight excluding hydrogens is 362 g/mol. The molecule has 1 amide bonds. The number of amides is 1. The van der Waals surface area contributed by atoms with E-state index in [-0.39, 0.29) is 12.5 Å². The summed E-state index contributed by atoms with van der Waals surface area (Å²) in [5.41, 5.74) is 0.936. The lowest BCUT2D eigenvalue weighted by Crippen LogP contribution is -2.36. The summed E-state index contributed by atoms with van der Waals surface area (Å²) in [7, 11) is 3.50. The van der Waals surface area contributed by atoms with Crippen LogP contribution in [0, 0.1) is 4.77 Å². The fraction of sp³-hybridized carbons (Fsp3) is 0.421. The third-order valence-electron chi connectivity index (χ3n) is 3.94. The molecule has 0 bridgehead atoms. The van der Waals surface area contributed by atoms with Crippen molar-refractivity contribution in [2.24, 2.45) is 0 Å². The molecule has 2 aromatic rings. The van der Waals surface area contributed by atoms with Gasteiger partial charge in [-0.1, -0.05) is 13.0 Å². The van der Waals surface area contributed by atoms with Crippen molar-refractivity contribution >= 4 is 18.1 Å². The van der Waals surface area contributed by atoms with E-state index in [9.17, 15) is 4.79 Å². The Hall–Kier alpha value is -2.45. The summed E-state index contributed by atoms with van der Waals surface area (Å²) in [6, 6.07) is 7.67. The molecule has 0 aliphatic carbocycles. The number of hydrogen-bond acceptors (Lipinski definition) is 5. The predicted octanol–water partition coefficient (Wildman–Crippen LogP) is 2.69. The normalized spacial score (nSPS) is 10.8. The van der Waals surface area contributed by atoms with E-state index in [4.69, 9.17) is 17.0 Å². The van der Waals surface area contributed by atoms with Gasteiger partial charge in [-0.25, -0.2) is 4.68 Å². The molecule has 0 saturated heterocycles. The number of allylic oxidation sites excluding steroid dienone is 1. The zero-order valence-corrected chi connectivity index (χ0v) is 17.0. The first kappa shape index (κ1) is 20.9. The number of carbonyl (C=O) groups excluding carboxylic acids is 1. The number of aromatic nitrogens is 3. The standard InChI is InChI=1S/C19H27N5O2S/c1-5-11-20-17(25)13-22(3)14-24-19(27)23(12-6-2)18(21-24)15-7-9-16(26-4)10-8-15/h6-10H,2,5,11-14H2,1,3-4H3,(H,20,25). The lowest BCUT2D eigenvalue weighted by atomic mass is 10.2. The quantitative estimate of drug-likeness (QED) is 0.500. The van der Waals surface area contributed by atoms with Crippen LogP contribution in [0.2, 0.25) is 0 Å². The number of benzene rings is 1. The van der Waals surface area contributed by atoms with Crippen LogP contribution in [-0.4, -0.2) is 52.4 Å². The largest absolute Gasteiger partial charge is 0.497 e. The molecule has 1 N–H and O–H groups in total. The Balaban J connectivity index is 2.23. The predicted molar refractivity (Wildman–Crippen MR) is 109 cm³/mol. The number of nitrogens with one attached hydrogen (secondary N) is 1. The highest BCUT2D eigenvalue weighted by molar-refractivity contribution is 7.71. The van der Waals surface area contributed by atoms with E-state index in [2.05, 4.69) is 17.0 Å². The molecule has 0 fully saturated rings. The molecule has 0 saturated carbocycles. The smallest absolute Gasteiger partial charge is 0.234 e. The second kappa shape index (κ2) is 10.0. The minimum absolute atomic E-state index is 0.00762. The molecular formula is C19H27N5O2S. The van der Waals surface area contributed by atoms with Crippen molar-refractivity contribution in [1.29, 1.82) is 0 Å². The molecule has 8 heteroatoms. The van der Waals surface area contributed by atoms with E-state index < -0.39 is 0 Å². The summed E-state index contributed by atoms with van der Waals surface area (Å²) in [6.07, 6.45) is 2.70. The Bertz CT molecular complexity index is 826. The molecule has 1 aromatic carbocycles. The number of rotatable bonds is 10. The number of ether oxygens (including phenoxy) is 1. The van der Waals surface area contributed by atoms with Gasteiger partial charge >= 0.3 is 0 Å². The lowest BCUT2D eigenvalue weighted by Gasteiger charge is -2.15. The Kier molecular flexibility index (Phi) is 7.75. The number of nitrogens with zero attached hydrogens (tertiary/aromatic N) is 4. The van der Waals surface area contributed by atoms with E-state index in [1.54, 1.807) is 17.9 Å². The first-order valence-corrected chi connectivity index (χ1v) is 9.29. The minimum Gasteiger partial charge on any atom is -0.497 e. The van der Waals surface area contributed by atoms with Gasteiger partial charge in [0.15, 0.2) is 10.6 Å². The Morgan fingerprint density at radius 3 is 2.70 bits per heavy atom. The third kappa shape index (κ3) is 5.51. The van der Waals surface area contributed by atoms with E-state index >= 15 is 0 Å². The molecule has 0 aliphatic heterocycles. The van der Waals surface area contributed by atoms with Crippen molar-refractivity contribution < 1.29 is 9.53 Å². The van der Waals surface area contributed by atoms with E-state index in [0.29, 0.717) is 24.5 Å². The fourth-order valence-electron chi connectivity index (χ4n) is 2.62. The van der Waals surface area contributed by atoms with E-state index in [0.717, 1.165) is 23.6 Å². The zero-order chi connectivity index (χ0) is 19.8. The van der Waals surface area contributed by atoms with Crippen molar-refractivity contribution in [3.8, 4) is 17.1 Å². The van der Waals surface area contributed by atoms with Crippen molar-refractivity contribution in [3.05, 3.63) is 41.7 Å².